The van der Waals surface area contributed by atoms with Crippen LogP contribution in [0, 0.1) is 0 Å². The highest BCUT2D eigenvalue weighted by molar-refractivity contribution is 5.94. The number of aromatic amines is 1. The van der Waals surface area contributed by atoms with Crippen molar-refractivity contribution in [1.82, 2.24) is 20.5 Å². The number of nitrogens with two attached hydrogens (primary N) is 1. The van der Waals surface area contributed by atoms with Crippen molar-refractivity contribution in [2.75, 3.05) is 5.73 Å². The Bertz CT molecular complexity index is 765. The Morgan fingerprint density at radius 1 is 1.09 bits per heavy atom. The largest absolute Gasteiger partial charge is 0.399 e. The molecule has 0 fully saturated rings. The number of carbonyl (C=O) groups excluding carboxylic acids is 1. The third kappa shape index (κ3) is 3.12. The molecule has 0 aliphatic rings. The third-order valence-electron chi connectivity index (χ3n) is 3.15. The summed E-state index contributed by atoms with van der Waals surface area (Å²) in [6, 6.07) is 16.4. The first kappa shape index (κ1) is 13.8. The van der Waals surface area contributed by atoms with Crippen LogP contribution in [0.2, 0.25) is 0 Å². The van der Waals surface area contributed by atoms with E-state index in [9.17, 15) is 4.79 Å². The van der Waals surface area contributed by atoms with Crippen molar-refractivity contribution in [3.63, 3.8) is 0 Å². The van der Waals surface area contributed by atoms with Crippen LogP contribution in [0.15, 0.2) is 54.6 Å². The first-order valence-corrected chi connectivity index (χ1v) is 6.83. The predicted molar refractivity (Wildman–Crippen MR) is 83.8 cm³/mol. The average molecular weight is 293 g/mol. The van der Waals surface area contributed by atoms with Gasteiger partial charge < -0.3 is 11.1 Å². The van der Waals surface area contributed by atoms with Gasteiger partial charge >= 0.3 is 0 Å². The van der Waals surface area contributed by atoms with Gasteiger partial charge in [0.05, 0.1) is 6.54 Å². The number of benzene rings is 2. The molecule has 1 heterocycles. The minimum absolute atomic E-state index is 0.183. The third-order valence-corrected chi connectivity index (χ3v) is 3.15. The molecule has 6 nitrogen and oxygen atoms in total. The number of aromatic nitrogens is 3. The smallest absolute Gasteiger partial charge is 0.251 e. The topological polar surface area (TPSA) is 96.7 Å². The lowest BCUT2D eigenvalue weighted by molar-refractivity contribution is 0.0950. The molecule has 3 aromatic rings. The van der Waals surface area contributed by atoms with Crippen LogP contribution in [0.5, 0.6) is 0 Å². The van der Waals surface area contributed by atoms with E-state index in [-0.39, 0.29) is 12.5 Å². The summed E-state index contributed by atoms with van der Waals surface area (Å²) in [7, 11) is 0. The fourth-order valence-corrected chi connectivity index (χ4v) is 1.99. The van der Waals surface area contributed by atoms with Crippen molar-refractivity contribution in [2.24, 2.45) is 0 Å². The number of nitrogens with one attached hydrogen (secondary N) is 2. The second kappa shape index (κ2) is 6.09. The minimum Gasteiger partial charge on any atom is -0.399 e. The summed E-state index contributed by atoms with van der Waals surface area (Å²) in [5.41, 5.74) is 7.70. The SMILES string of the molecule is Nc1ccc(C(=O)NCc2nc(-c3ccccc3)n[nH]2)cc1. The standard InChI is InChI=1S/C16H15N5O/c17-13-8-6-12(7-9-13)16(22)18-10-14-19-15(21-20-14)11-4-2-1-3-5-11/h1-9H,10,17H2,(H,18,22)(H,19,20,21). The molecule has 3 rings (SSSR count). The second-order valence-electron chi connectivity index (χ2n) is 4.78. The highest BCUT2D eigenvalue weighted by Gasteiger charge is 2.08. The summed E-state index contributed by atoms with van der Waals surface area (Å²) in [5.74, 6) is 1.03. The van der Waals surface area contributed by atoms with Crippen LogP contribution in [0.1, 0.15) is 16.2 Å². The van der Waals surface area contributed by atoms with Gasteiger partial charge in [-0.3, -0.25) is 9.89 Å². The molecular formula is C16H15N5O. The van der Waals surface area contributed by atoms with E-state index in [1.165, 1.54) is 0 Å². The first-order chi connectivity index (χ1) is 10.7. The maximum atomic E-state index is 12.0. The maximum Gasteiger partial charge on any atom is 0.251 e. The minimum atomic E-state index is -0.183. The predicted octanol–water partition coefficient (Wildman–Crippen LogP) is 1.98. The van der Waals surface area contributed by atoms with Crippen molar-refractivity contribution >= 4 is 11.6 Å². The summed E-state index contributed by atoms with van der Waals surface area (Å²) >= 11 is 0. The van der Waals surface area contributed by atoms with Gasteiger partial charge in [0.1, 0.15) is 5.82 Å². The molecule has 2 aromatic carbocycles. The van der Waals surface area contributed by atoms with Crippen LogP contribution in [0.25, 0.3) is 11.4 Å². The van der Waals surface area contributed by atoms with Crippen molar-refractivity contribution in [3.05, 3.63) is 66.0 Å². The van der Waals surface area contributed by atoms with Crippen molar-refractivity contribution in [2.45, 2.75) is 6.54 Å². The molecule has 22 heavy (non-hydrogen) atoms. The van der Waals surface area contributed by atoms with Crippen LogP contribution >= 0.6 is 0 Å². The van der Waals surface area contributed by atoms with E-state index in [0.717, 1.165) is 5.56 Å². The Kier molecular flexibility index (Phi) is 3.82. The molecule has 0 aliphatic carbocycles. The lowest BCUT2D eigenvalue weighted by Crippen LogP contribution is -2.23. The highest BCUT2D eigenvalue weighted by atomic mass is 16.1. The molecule has 110 valence electrons. The number of hydrogen-bond acceptors (Lipinski definition) is 4. The molecule has 0 atom stereocenters. The van der Waals surface area contributed by atoms with E-state index in [0.29, 0.717) is 22.9 Å². The van der Waals surface area contributed by atoms with E-state index >= 15 is 0 Å². The number of hydrogen-bond donors (Lipinski definition) is 3. The van der Waals surface area contributed by atoms with Gasteiger partial charge in [-0.1, -0.05) is 30.3 Å². The van der Waals surface area contributed by atoms with E-state index in [1.807, 2.05) is 30.3 Å². The molecule has 0 saturated carbocycles. The van der Waals surface area contributed by atoms with Crippen molar-refractivity contribution in [1.29, 1.82) is 0 Å². The normalized spacial score (nSPS) is 10.4. The van der Waals surface area contributed by atoms with E-state index < -0.39 is 0 Å². The quantitative estimate of drug-likeness (QED) is 0.641. The Morgan fingerprint density at radius 2 is 1.82 bits per heavy atom. The molecule has 0 unspecified atom stereocenters. The van der Waals surface area contributed by atoms with Gasteiger partial charge in [-0.05, 0) is 24.3 Å². The van der Waals surface area contributed by atoms with Gasteiger partial charge in [-0.15, -0.1) is 0 Å². The Hall–Kier alpha value is -3.15. The maximum absolute atomic E-state index is 12.0. The fraction of sp³-hybridized carbons (Fsp3) is 0.0625. The van der Waals surface area contributed by atoms with Crippen LogP contribution in [0.4, 0.5) is 5.69 Å². The molecule has 0 aliphatic heterocycles. The zero-order valence-corrected chi connectivity index (χ0v) is 11.8. The van der Waals surface area contributed by atoms with Gasteiger partial charge in [-0.2, -0.15) is 5.10 Å². The molecule has 0 spiro atoms. The zero-order chi connectivity index (χ0) is 15.4. The van der Waals surface area contributed by atoms with Crippen LogP contribution in [-0.4, -0.2) is 21.1 Å². The molecule has 0 bridgehead atoms. The Balaban J connectivity index is 1.64. The molecule has 0 radical (unpaired) electrons. The van der Waals surface area contributed by atoms with Crippen LogP contribution in [0.3, 0.4) is 0 Å². The Morgan fingerprint density at radius 3 is 2.55 bits per heavy atom. The average Bonchev–Trinajstić information content (AvgIpc) is 3.03. The van der Waals surface area contributed by atoms with Crippen LogP contribution in [-0.2, 0) is 6.54 Å². The van der Waals surface area contributed by atoms with Crippen molar-refractivity contribution in [3.8, 4) is 11.4 Å². The van der Waals surface area contributed by atoms with E-state index in [2.05, 4.69) is 20.5 Å². The molecule has 6 heteroatoms. The number of amides is 1. The summed E-state index contributed by atoms with van der Waals surface area (Å²) in [6.45, 7) is 0.281. The summed E-state index contributed by atoms with van der Waals surface area (Å²) in [4.78, 5) is 16.4. The number of anilines is 1. The number of nitrogens with zero attached hydrogens (tertiary/aromatic N) is 2. The summed E-state index contributed by atoms with van der Waals surface area (Å²) < 4.78 is 0. The van der Waals surface area contributed by atoms with Crippen molar-refractivity contribution < 1.29 is 4.79 Å². The fourth-order valence-electron chi connectivity index (χ4n) is 1.99. The summed E-state index contributed by atoms with van der Waals surface area (Å²) in [6.07, 6.45) is 0. The van der Waals surface area contributed by atoms with Crippen LogP contribution < -0.4 is 11.1 Å². The number of rotatable bonds is 4. The molecule has 1 aromatic heterocycles. The molecular weight excluding hydrogens is 278 g/mol. The molecule has 4 N–H and O–H groups in total. The van der Waals surface area contributed by atoms with Gasteiger partial charge in [0, 0.05) is 16.8 Å². The van der Waals surface area contributed by atoms with E-state index in [1.54, 1.807) is 24.3 Å². The van der Waals surface area contributed by atoms with E-state index in [4.69, 9.17) is 5.73 Å². The van der Waals surface area contributed by atoms with Gasteiger partial charge in [0.15, 0.2) is 5.82 Å². The molecule has 1 amide bonds. The lowest BCUT2D eigenvalue weighted by atomic mass is 10.2. The Labute approximate surface area is 127 Å². The lowest BCUT2D eigenvalue weighted by Gasteiger charge is -2.03. The first-order valence-electron chi connectivity index (χ1n) is 6.83. The van der Waals surface area contributed by atoms with Gasteiger partial charge in [0.2, 0.25) is 0 Å². The highest BCUT2D eigenvalue weighted by Crippen LogP contribution is 2.13. The summed E-state index contributed by atoms with van der Waals surface area (Å²) in [5, 5.41) is 9.76. The molecule has 0 saturated heterocycles. The second-order valence-corrected chi connectivity index (χ2v) is 4.78. The zero-order valence-electron chi connectivity index (χ0n) is 11.8. The van der Waals surface area contributed by atoms with Gasteiger partial charge in [-0.25, -0.2) is 4.98 Å². The number of nitrogen functional groups attached to an aromatic ring is 1. The monoisotopic (exact) mass is 293 g/mol. The number of H-pyrrole nitrogens is 1. The number of carbonyl (C=O) groups is 1. The van der Waals surface area contributed by atoms with Gasteiger partial charge in [0.25, 0.3) is 5.91 Å².